The molecule has 1 aliphatic rings. The van der Waals surface area contributed by atoms with Gasteiger partial charge in [0.15, 0.2) is 0 Å². The van der Waals surface area contributed by atoms with Crippen LogP contribution in [0.25, 0.3) is 6.08 Å². The minimum Gasteiger partial charge on any atom is -0.361 e. The number of carbonyl (C=O) groups excluding carboxylic acids is 1. The number of likely N-dealkylation sites (tertiary alicyclic amines) is 1. The largest absolute Gasteiger partial charge is 0.361 e. The monoisotopic (exact) mass is 268 g/mol. The Labute approximate surface area is 112 Å². The molecule has 0 aliphatic carbocycles. The molecule has 1 saturated heterocycles. The lowest BCUT2D eigenvalue weighted by Gasteiger charge is -2.29. The summed E-state index contributed by atoms with van der Waals surface area (Å²) in [5.41, 5.74) is 2.16. The van der Waals surface area contributed by atoms with E-state index in [4.69, 9.17) is 16.1 Å². The van der Waals surface area contributed by atoms with Gasteiger partial charge in [0.05, 0.1) is 0 Å². The molecule has 18 heavy (non-hydrogen) atoms. The Morgan fingerprint density at radius 3 is 2.72 bits per heavy atom. The first-order valence-corrected chi connectivity index (χ1v) is 6.55. The highest BCUT2D eigenvalue weighted by atomic mass is 35.5. The van der Waals surface area contributed by atoms with E-state index in [9.17, 15) is 4.79 Å². The molecular formula is C13H17ClN2O2. The highest BCUT2D eigenvalue weighted by Gasteiger charge is 2.22. The molecule has 0 radical (unpaired) electrons. The van der Waals surface area contributed by atoms with Crippen molar-refractivity contribution in [1.82, 2.24) is 10.1 Å². The second-order valence-electron chi connectivity index (χ2n) is 4.61. The zero-order valence-corrected chi connectivity index (χ0v) is 11.4. The number of aryl methyl sites for hydroxylation is 1. The van der Waals surface area contributed by atoms with Gasteiger partial charge in [0.25, 0.3) is 0 Å². The Morgan fingerprint density at radius 1 is 1.56 bits per heavy atom. The van der Waals surface area contributed by atoms with E-state index in [-0.39, 0.29) is 5.91 Å². The van der Waals surface area contributed by atoms with Gasteiger partial charge in [0.1, 0.15) is 16.8 Å². The van der Waals surface area contributed by atoms with Crippen LogP contribution in [0.5, 0.6) is 0 Å². The first kappa shape index (κ1) is 13.1. The first-order chi connectivity index (χ1) is 8.56. The summed E-state index contributed by atoms with van der Waals surface area (Å²) in [6, 6.07) is 1.91. The molecule has 1 fully saturated rings. The van der Waals surface area contributed by atoms with Gasteiger partial charge in [0.2, 0.25) is 5.91 Å². The number of halogens is 1. The highest BCUT2D eigenvalue weighted by Crippen LogP contribution is 2.20. The van der Waals surface area contributed by atoms with Gasteiger partial charge >= 0.3 is 0 Å². The van der Waals surface area contributed by atoms with Gasteiger partial charge in [-0.15, -0.1) is 11.6 Å². The molecule has 2 rings (SSSR count). The fraction of sp³-hybridized carbons (Fsp3) is 0.538. The normalized spacial score (nSPS) is 17.7. The van der Waals surface area contributed by atoms with Crippen LogP contribution >= 0.6 is 11.6 Å². The lowest BCUT2D eigenvalue weighted by atomic mass is 10.0. The third-order valence-electron chi connectivity index (χ3n) is 3.06. The van der Waals surface area contributed by atoms with Crippen molar-refractivity contribution in [3.8, 4) is 0 Å². The van der Waals surface area contributed by atoms with E-state index in [1.54, 1.807) is 6.92 Å². The molecule has 1 aromatic heterocycles. The summed E-state index contributed by atoms with van der Waals surface area (Å²) in [6.07, 6.45) is 3.80. The number of hydrogen-bond donors (Lipinski definition) is 0. The zero-order chi connectivity index (χ0) is 13.1. The fourth-order valence-electron chi connectivity index (χ4n) is 2.07. The third kappa shape index (κ3) is 3.13. The van der Waals surface area contributed by atoms with Gasteiger partial charge < -0.3 is 9.42 Å². The summed E-state index contributed by atoms with van der Waals surface area (Å²) in [7, 11) is 0. The Bertz CT molecular complexity index is 455. The molecule has 1 amide bonds. The predicted octanol–water partition coefficient (Wildman–Crippen LogP) is 2.62. The lowest BCUT2D eigenvalue weighted by molar-refractivity contribution is -0.130. The van der Waals surface area contributed by atoms with Crippen LogP contribution in [0.3, 0.4) is 0 Å². The predicted molar refractivity (Wildman–Crippen MR) is 70.3 cm³/mol. The molecule has 2 heterocycles. The summed E-state index contributed by atoms with van der Waals surface area (Å²) in [4.78, 5) is 13.5. The fourth-order valence-corrected chi connectivity index (χ4v) is 2.21. The first-order valence-electron chi connectivity index (χ1n) is 6.12. The van der Waals surface area contributed by atoms with Crippen LogP contribution in [0.1, 0.15) is 31.2 Å². The van der Waals surface area contributed by atoms with Gasteiger partial charge in [-0.2, -0.15) is 0 Å². The van der Waals surface area contributed by atoms with Crippen LogP contribution in [-0.4, -0.2) is 34.4 Å². The van der Waals surface area contributed by atoms with Crippen molar-refractivity contribution >= 4 is 23.6 Å². The van der Waals surface area contributed by atoms with Gasteiger partial charge in [-0.05, 0) is 32.8 Å². The van der Waals surface area contributed by atoms with E-state index < -0.39 is 5.38 Å². The van der Waals surface area contributed by atoms with E-state index >= 15 is 0 Å². The van der Waals surface area contributed by atoms with Crippen LogP contribution in [-0.2, 0) is 4.79 Å². The number of rotatable bonds is 2. The Hall–Kier alpha value is -1.29. The standard InChI is InChI=1S/C13H17ClN2O2/c1-9-7-12(15-18-9)8-11-3-5-16(6-4-11)13(17)10(2)14/h7-8,10H,3-6H2,1-2H3. The van der Waals surface area contributed by atoms with E-state index in [2.05, 4.69) is 5.16 Å². The summed E-state index contributed by atoms with van der Waals surface area (Å²) in [6.45, 7) is 5.06. The van der Waals surface area contributed by atoms with Crippen molar-refractivity contribution in [3.63, 3.8) is 0 Å². The van der Waals surface area contributed by atoms with Crippen molar-refractivity contribution < 1.29 is 9.32 Å². The highest BCUT2D eigenvalue weighted by molar-refractivity contribution is 6.30. The molecule has 0 spiro atoms. The van der Waals surface area contributed by atoms with E-state index in [1.165, 1.54) is 5.57 Å². The number of alkyl halides is 1. The molecule has 4 nitrogen and oxygen atoms in total. The minimum absolute atomic E-state index is 0.0213. The average molecular weight is 269 g/mol. The molecule has 1 aromatic rings. The summed E-state index contributed by atoms with van der Waals surface area (Å²) in [5.74, 6) is 0.832. The second kappa shape index (κ2) is 5.57. The Morgan fingerprint density at radius 2 is 2.22 bits per heavy atom. The van der Waals surface area contributed by atoms with Crippen molar-refractivity contribution in [1.29, 1.82) is 0 Å². The van der Waals surface area contributed by atoms with Crippen LogP contribution in [0.4, 0.5) is 0 Å². The summed E-state index contributed by atoms with van der Waals surface area (Å²) in [5, 5.41) is 3.50. The van der Waals surface area contributed by atoms with E-state index in [1.807, 2.05) is 24.0 Å². The topological polar surface area (TPSA) is 46.3 Å². The van der Waals surface area contributed by atoms with Crippen LogP contribution in [0, 0.1) is 6.92 Å². The number of aromatic nitrogens is 1. The molecule has 1 aliphatic heterocycles. The van der Waals surface area contributed by atoms with Crippen molar-refractivity contribution in [2.45, 2.75) is 32.1 Å². The molecule has 0 N–H and O–H groups in total. The molecule has 1 unspecified atom stereocenters. The van der Waals surface area contributed by atoms with Crippen LogP contribution in [0.2, 0.25) is 0 Å². The van der Waals surface area contributed by atoms with Crippen LogP contribution in [0.15, 0.2) is 16.2 Å². The minimum atomic E-state index is -0.436. The second-order valence-corrected chi connectivity index (χ2v) is 5.26. The molecule has 98 valence electrons. The summed E-state index contributed by atoms with van der Waals surface area (Å²) < 4.78 is 5.02. The van der Waals surface area contributed by atoms with Crippen molar-refractivity contribution in [2.24, 2.45) is 0 Å². The number of piperidine rings is 1. The van der Waals surface area contributed by atoms with E-state index in [0.717, 1.165) is 37.4 Å². The maximum Gasteiger partial charge on any atom is 0.240 e. The zero-order valence-electron chi connectivity index (χ0n) is 10.6. The SMILES string of the molecule is Cc1cc(C=C2CCN(C(=O)C(C)Cl)CC2)no1. The number of nitrogens with zero attached hydrogens (tertiary/aromatic N) is 2. The average Bonchev–Trinajstić information content (AvgIpc) is 2.75. The number of amides is 1. The Balaban J connectivity index is 1.94. The van der Waals surface area contributed by atoms with Gasteiger partial charge in [0, 0.05) is 19.2 Å². The number of carbonyl (C=O) groups is 1. The molecule has 5 heteroatoms. The van der Waals surface area contributed by atoms with Gasteiger partial charge in [-0.3, -0.25) is 4.79 Å². The maximum atomic E-state index is 11.7. The van der Waals surface area contributed by atoms with Crippen molar-refractivity contribution in [3.05, 3.63) is 23.1 Å². The molecule has 0 bridgehead atoms. The molecule has 0 aromatic carbocycles. The van der Waals surface area contributed by atoms with Gasteiger partial charge in [-0.25, -0.2) is 0 Å². The smallest absolute Gasteiger partial charge is 0.240 e. The van der Waals surface area contributed by atoms with Crippen molar-refractivity contribution in [2.75, 3.05) is 13.1 Å². The quantitative estimate of drug-likeness (QED) is 0.775. The molecule has 0 saturated carbocycles. The molecular weight excluding hydrogens is 252 g/mol. The lowest BCUT2D eigenvalue weighted by Crippen LogP contribution is -2.39. The van der Waals surface area contributed by atoms with E-state index in [0.29, 0.717) is 0 Å². The van der Waals surface area contributed by atoms with Gasteiger partial charge in [-0.1, -0.05) is 10.7 Å². The third-order valence-corrected chi connectivity index (χ3v) is 3.24. The van der Waals surface area contributed by atoms with Crippen LogP contribution < -0.4 is 0 Å². The Kier molecular flexibility index (Phi) is 4.07. The molecule has 1 atom stereocenters. The summed E-state index contributed by atoms with van der Waals surface area (Å²) >= 11 is 5.80. The number of hydrogen-bond acceptors (Lipinski definition) is 3. The maximum absolute atomic E-state index is 11.7.